The molecular formula is C23H33NO4. The van der Waals surface area contributed by atoms with Gasteiger partial charge in [0.25, 0.3) is 0 Å². The number of hydrogen-bond acceptors (Lipinski definition) is 3. The maximum absolute atomic E-state index is 12.1. The molecule has 1 aromatic carbocycles. The summed E-state index contributed by atoms with van der Waals surface area (Å²) in [4.78, 5) is 23.5. The van der Waals surface area contributed by atoms with Crippen molar-refractivity contribution in [3.63, 3.8) is 0 Å². The molecule has 0 fully saturated rings. The fourth-order valence-electron chi connectivity index (χ4n) is 2.98. The van der Waals surface area contributed by atoms with Crippen molar-refractivity contribution in [3.05, 3.63) is 53.6 Å². The minimum Gasteiger partial charge on any atom is -0.508 e. The van der Waals surface area contributed by atoms with Gasteiger partial charge in [0, 0.05) is 12.5 Å². The Morgan fingerprint density at radius 1 is 1.11 bits per heavy atom. The number of phenols is 1. The van der Waals surface area contributed by atoms with E-state index in [1.807, 2.05) is 6.92 Å². The zero-order valence-electron chi connectivity index (χ0n) is 17.1. The van der Waals surface area contributed by atoms with Crippen molar-refractivity contribution in [2.24, 2.45) is 5.92 Å². The van der Waals surface area contributed by atoms with Crippen LogP contribution in [0.3, 0.4) is 0 Å². The van der Waals surface area contributed by atoms with E-state index < -0.39 is 17.9 Å². The first kappa shape index (κ1) is 23.5. The molecule has 0 saturated heterocycles. The van der Waals surface area contributed by atoms with Gasteiger partial charge in [-0.15, -0.1) is 0 Å². The minimum absolute atomic E-state index is 0.115. The number of rotatable bonds is 12. The van der Waals surface area contributed by atoms with E-state index in [9.17, 15) is 19.8 Å². The first-order valence-corrected chi connectivity index (χ1v) is 9.99. The molecule has 0 aliphatic rings. The number of amides is 1. The lowest BCUT2D eigenvalue weighted by atomic mass is 10.00. The molecule has 0 saturated carbocycles. The van der Waals surface area contributed by atoms with E-state index in [1.165, 1.54) is 43.9 Å². The SMILES string of the molecule is CCCCCCC(C)C=C(C)C=CC(=O)NC(Cc1ccc(O)cc1)C(=O)O. The maximum atomic E-state index is 12.1. The second kappa shape index (κ2) is 12.8. The highest BCUT2D eigenvalue weighted by Gasteiger charge is 2.19. The first-order valence-electron chi connectivity index (χ1n) is 9.99. The molecule has 1 rings (SSSR count). The Balaban J connectivity index is 2.55. The standard InChI is InChI=1S/C23H33NO4/c1-4-5-6-7-8-17(2)15-18(3)9-14-22(26)24-21(23(27)28)16-19-10-12-20(25)13-11-19/h9-15,17,21,25H,4-8,16H2,1-3H3,(H,24,26)(H,27,28). The summed E-state index contributed by atoms with van der Waals surface area (Å²) in [5.41, 5.74) is 1.71. The van der Waals surface area contributed by atoms with E-state index in [1.54, 1.807) is 18.2 Å². The van der Waals surface area contributed by atoms with Gasteiger partial charge in [-0.3, -0.25) is 4.79 Å². The highest BCUT2D eigenvalue weighted by Crippen LogP contribution is 2.14. The van der Waals surface area contributed by atoms with E-state index in [2.05, 4.69) is 25.2 Å². The Kier molecular flexibility index (Phi) is 10.7. The second-order valence-electron chi connectivity index (χ2n) is 7.34. The predicted octanol–water partition coefficient (Wildman–Crippen LogP) is 4.61. The maximum Gasteiger partial charge on any atom is 0.326 e. The van der Waals surface area contributed by atoms with Crippen molar-refractivity contribution in [1.82, 2.24) is 5.32 Å². The van der Waals surface area contributed by atoms with Crippen LogP contribution in [-0.4, -0.2) is 28.1 Å². The van der Waals surface area contributed by atoms with Crippen LogP contribution in [0.4, 0.5) is 0 Å². The summed E-state index contributed by atoms with van der Waals surface area (Å²) in [6.07, 6.45) is 11.5. The largest absolute Gasteiger partial charge is 0.508 e. The van der Waals surface area contributed by atoms with E-state index in [0.717, 1.165) is 17.6 Å². The lowest BCUT2D eigenvalue weighted by molar-refractivity contribution is -0.141. The zero-order chi connectivity index (χ0) is 20.9. The number of aromatic hydroxyl groups is 1. The van der Waals surface area contributed by atoms with Crippen molar-refractivity contribution in [2.45, 2.75) is 65.3 Å². The molecule has 0 aliphatic heterocycles. The fraction of sp³-hybridized carbons (Fsp3) is 0.478. The number of carbonyl (C=O) groups is 2. The van der Waals surface area contributed by atoms with Crippen LogP contribution in [0, 0.1) is 5.92 Å². The molecule has 0 radical (unpaired) electrons. The topological polar surface area (TPSA) is 86.6 Å². The average Bonchev–Trinajstić information content (AvgIpc) is 2.64. The number of nitrogens with one attached hydrogen (secondary N) is 1. The molecule has 5 nitrogen and oxygen atoms in total. The van der Waals surface area contributed by atoms with E-state index >= 15 is 0 Å². The predicted molar refractivity (Wildman–Crippen MR) is 112 cm³/mol. The summed E-state index contributed by atoms with van der Waals surface area (Å²) >= 11 is 0. The number of hydrogen-bond donors (Lipinski definition) is 3. The molecule has 28 heavy (non-hydrogen) atoms. The zero-order valence-corrected chi connectivity index (χ0v) is 17.1. The quantitative estimate of drug-likeness (QED) is 0.278. The molecule has 0 spiro atoms. The molecule has 0 bridgehead atoms. The lowest BCUT2D eigenvalue weighted by Crippen LogP contribution is -2.41. The van der Waals surface area contributed by atoms with Crippen LogP contribution < -0.4 is 5.32 Å². The summed E-state index contributed by atoms with van der Waals surface area (Å²) in [7, 11) is 0. The molecule has 0 aliphatic carbocycles. The van der Waals surface area contributed by atoms with E-state index in [-0.39, 0.29) is 12.2 Å². The van der Waals surface area contributed by atoms with Gasteiger partial charge in [-0.1, -0.05) is 69.4 Å². The summed E-state index contributed by atoms with van der Waals surface area (Å²) in [5.74, 6) is -0.965. The first-order chi connectivity index (χ1) is 13.3. The highest BCUT2D eigenvalue weighted by atomic mass is 16.4. The van der Waals surface area contributed by atoms with Crippen LogP contribution in [0.25, 0.3) is 0 Å². The number of allylic oxidation sites excluding steroid dienone is 3. The monoisotopic (exact) mass is 387 g/mol. The third kappa shape index (κ3) is 9.95. The van der Waals surface area contributed by atoms with Crippen LogP contribution in [-0.2, 0) is 16.0 Å². The molecule has 1 aromatic rings. The second-order valence-corrected chi connectivity index (χ2v) is 7.34. The Hall–Kier alpha value is -2.56. The van der Waals surface area contributed by atoms with Crippen molar-refractivity contribution in [1.29, 1.82) is 0 Å². The number of unbranched alkanes of at least 4 members (excludes halogenated alkanes) is 3. The Morgan fingerprint density at radius 2 is 1.79 bits per heavy atom. The number of phenolic OH excluding ortho intramolecular Hbond substituents is 1. The number of carbonyl (C=O) groups excluding carboxylic acids is 1. The van der Waals surface area contributed by atoms with Gasteiger partial charge in [-0.2, -0.15) is 0 Å². The van der Waals surface area contributed by atoms with Crippen molar-refractivity contribution in [2.75, 3.05) is 0 Å². The summed E-state index contributed by atoms with van der Waals surface area (Å²) in [6, 6.07) is 5.24. The normalized spacial score (nSPS) is 14.0. The smallest absolute Gasteiger partial charge is 0.326 e. The summed E-state index contributed by atoms with van der Waals surface area (Å²) in [6.45, 7) is 6.31. The van der Waals surface area contributed by atoms with Crippen LogP contribution in [0.1, 0.15) is 58.4 Å². The van der Waals surface area contributed by atoms with Gasteiger partial charge in [0.05, 0.1) is 0 Å². The molecule has 0 heterocycles. The summed E-state index contributed by atoms with van der Waals surface area (Å²) in [5, 5.41) is 21.2. The number of carboxylic acid groups (broad SMARTS) is 1. The van der Waals surface area contributed by atoms with Crippen LogP contribution in [0.5, 0.6) is 5.75 Å². The molecule has 0 aromatic heterocycles. The van der Waals surface area contributed by atoms with Crippen molar-refractivity contribution < 1.29 is 19.8 Å². The lowest BCUT2D eigenvalue weighted by Gasteiger charge is -2.13. The molecule has 1 amide bonds. The van der Waals surface area contributed by atoms with Crippen LogP contribution >= 0.6 is 0 Å². The van der Waals surface area contributed by atoms with Gasteiger partial charge in [0.1, 0.15) is 11.8 Å². The van der Waals surface area contributed by atoms with Gasteiger partial charge in [0.2, 0.25) is 5.91 Å². The third-order valence-electron chi connectivity index (χ3n) is 4.55. The highest BCUT2D eigenvalue weighted by molar-refractivity contribution is 5.91. The van der Waals surface area contributed by atoms with Gasteiger partial charge in [0.15, 0.2) is 0 Å². The van der Waals surface area contributed by atoms with Crippen molar-refractivity contribution >= 4 is 11.9 Å². The Labute approximate surface area is 168 Å². The van der Waals surface area contributed by atoms with E-state index in [4.69, 9.17) is 0 Å². The Bertz CT molecular complexity index is 676. The van der Waals surface area contributed by atoms with Crippen molar-refractivity contribution in [3.8, 4) is 5.75 Å². The fourth-order valence-corrected chi connectivity index (χ4v) is 2.98. The van der Waals surface area contributed by atoms with Crippen LogP contribution in [0.2, 0.25) is 0 Å². The molecule has 3 N–H and O–H groups in total. The number of benzene rings is 1. The molecule has 2 unspecified atom stereocenters. The molecule has 154 valence electrons. The Morgan fingerprint density at radius 3 is 2.39 bits per heavy atom. The third-order valence-corrected chi connectivity index (χ3v) is 4.55. The minimum atomic E-state index is -1.09. The molecule has 5 heteroatoms. The number of aliphatic carboxylic acids is 1. The van der Waals surface area contributed by atoms with Gasteiger partial charge in [-0.05, 0) is 37.0 Å². The molecular weight excluding hydrogens is 354 g/mol. The van der Waals surface area contributed by atoms with Crippen LogP contribution in [0.15, 0.2) is 48.1 Å². The summed E-state index contributed by atoms with van der Waals surface area (Å²) < 4.78 is 0. The van der Waals surface area contributed by atoms with Gasteiger partial charge >= 0.3 is 5.97 Å². The average molecular weight is 388 g/mol. The van der Waals surface area contributed by atoms with E-state index in [0.29, 0.717) is 5.92 Å². The van der Waals surface area contributed by atoms with Gasteiger partial charge in [-0.25, -0.2) is 4.79 Å². The number of carboxylic acids is 1. The molecule has 2 atom stereocenters. The van der Waals surface area contributed by atoms with Gasteiger partial charge < -0.3 is 15.5 Å².